The van der Waals surface area contributed by atoms with E-state index in [4.69, 9.17) is 4.74 Å². The third kappa shape index (κ3) is 10.1. The van der Waals surface area contributed by atoms with Gasteiger partial charge >= 0.3 is 6.09 Å². The molecule has 0 aromatic rings. The molecule has 0 fully saturated rings. The number of hydrogen-bond donors (Lipinski definition) is 2. The molecule has 120 valence electrons. The molecule has 0 saturated heterocycles. The maximum atomic E-state index is 11.7. The second kappa shape index (κ2) is 8.50. The molecule has 0 aromatic carbocycles. The largest absolute Gasteiger partial charge is 0.444 e. The number of carbonyl (C=O) groups excluding carboxylic acids is 1. The maximum absolute atomic E-state index is 11.7. The molecule has 0 aromatic heterocycles. The van der Waals surface area contributed by atoms with E-state index in [0.717, 1.165) is 6.42 Å². The lowest BCUT2D eigenvalue weighted by atomic mass is 10.00. The van der Waals surface area contributed by atoms with Crippen molar-refractivity contribution in [2.45, 2.75) is 79.5 Å². The molecular formula is C16H34N2O2. The fraction of sp³-hybridized carbons (Fsp3) is 0.938. The standard InChI is InChI=1S/C16H34N2O2/c1-11(2)9-14(18-13(5)12(3)4)10-17-15(19)20-16(6,7)8/h11-14,18H,9-10H2,1-8H3,(H,17,19). The smallest absolute Gasteiger partial charge is 0.407 e. The van der Waals surface area contributed by atoms with Crippen LogP contribution in [0.3, 0.4) is 0 Å². The highest BCUT2D eigenvalue weighted by Crippen LogP contribution is 2.09. The third-order valence-electron chi connectivity index (χ3n) is 3.15. The van der Waals surface area contributed by atoms with Gasteiger partial charge in [0, 0.05) is 18.6 Å². The summed E-state index contributed by atoms with van der Waals surface area (Å²) in [6, 6.07) is 0.708. The second-order valence-corrected chi connectivity index (χ2v) is 7.41. The molecule has 0 aliphatic rings. The van der Waals surface area contributed by atoms with Gasteiger partial charge in [0.05, 0.1) is 0 Å². The summed E-state index contributed by atoms with van der Waals surface area (Å²) >= 11 is 0. The van der Waals surface area contributed by atoms with Crippen LogP contribution in [0.25, 0.3) is 0 Å². The zero-order valence-corrected chi connectivity index (χ0v) is 14.5. The van der Waals surface area contributed by atoms with Crippen LogP contribution in [0, 0.1) is 11.8 Å². The molecule has 20 heavy (non-hydrogen) atoms. The molecule has 0 spiro atoms. The van der Waals surface area contributed by atoms with Gasteiger partial charge in [0.2, 0.25) is 0 Å². The predicted octanol–water partition coefficient (Wildman–Crippen LogP) is 3.56. The molecule has 0 radical (unpaired) electrons. The van der Waals surface area contributed by atoms with Crippen LogP contribution < -0.4 is 10.6 Å². The Bertz CT molecular complexity index is 283. The zero-order chi connectivity index (χ0) is 15.9. The SMILES string of the molecule is CC(C)CC(CNC(=O)OC(C)(C)C)NC(C)C(C)C. The topological polar surface area (TPSA) is 50.4 Å². The van der Waals surface area contributed by atoms with Crippen molar-refractivity contribution in [3.05, 3.63) is 0 Å². The van der Waals surface area contributed by atoms with Gasteiger partial charge < -0.3 is 15.4 Å². The fourth-order valence-corrected chi connectivity index (χ4v) is 1.86. The van der Waals surface area contributed by atoms with Crippen LogP contribution in [0.15, 0.2) is 0 Å². The van der Waals surface area contributed by atoms with Crippen LogP contribution in [-0.2, 0) is 4.74 Å². The summed E-state index contributed by atoms with van der Waals surface area (Å²) < 4.78 is 5.27. The van der Waals surface area contributed by atoms with Crippen molar-refractivity contribution in [3.8, 4) is 0 Å². The number of carbonyl (C=O) groups is 1. The van der Waals surface area contributed by atoms with E-state index in [1.165, 1.54) is 0 Å². The van der Waals surface area contributed by atoms with Crippen molar-refractivity contribution in [1.29, 1.82) is 0 Å². The molecule has 0 aliphatic heterocycles. The Hall–Kier alpha value is -0.770. The van der Waals surface area contributed by atoms with Gasteiger partial charge in [0.1, 0.15) is 5.60 Å². The highest BCUT2D eigenvalue weighted by Gasteiger charge is 2.19. The van der Waals surface area contributed by atoms with Gasteiger partial charge in [-0.15, -0.1) is 0 Å². The molecule has 1 amide bonds. The lowest BCUT2D eigenvalue weighted by Crippen LogP contribution is -2.47. The van der Waals surface area contributed by atoms with Crippen molar-refractivity contribution >= 4 is 6.09 Å². The third-order valence-corrected chi connectivity index (χ3v) is 3.15. The van der Waals surface area contributed by atoms with E-state index in [9.17, 15) is 4.79 Å². The first-order valence-electron chi connectivity index (χ1n) is 7.74. The molecule has 4 heteroatoms. The van der Waals surface area contributed by atoms with Gasteiger partial charge in [-0.05, 0) is 46.0 Å². The van der Waals surface area contributed by atoms with Crippen LogP contribution in [0.5, 0.6) is 0 Å². The Morgan fingerprint density at radius 1 is 1.10 bits per heavy atom. The lowest BCUT2D eigenvalue weighted by Gasteiger charge is -2.28. The number of alkyl carbamates (subject to hydrolysis) is 1. The van der Waals surface area contributed by atoms with E-state index in [-0.39, 0.29) is 12.1 Å². The Balaban J connectivity index is 4.33. The summed E-state index contributed by atoms with van der Waals surface area (Å²) in [4.78, 5) is 11.7. The van der Waals surface area contributed by atoms with E-state index in [1.54, 1.807) is 0 Å². The number of ether oxygens (including phenoxy) is 1. The van der Waals surface area contributed by atoms with Crippen molar-refractivity contribution in [3.63, 3.8) is 0 Å². The van der Waals surface area contributed by atoms with E-state index in [2.05, 4.69) is 45.3 Å². The van der Waals surface area contributed by atoms with Crippen molar-refractivity contribution in [2.24, 2.45) is 11.8 Å². The second-order valence-electron chi connectivity index (χ2n) is 7.41. The maximum Gasteiger partial charge on any atom is 0.407 e. The Morgan fingerprint density at radius 3 is 2.05 bits per heavy atom. The average Bonchev–Trinajstić information content (AvgIpc) is 2.22. The number of amides is 1. The normalized spacial score (nSPS) is 15.3. The minimum Gasteiger partial charge on any atom is -0.444 e. The van der Waals surface area contributed by atoms with Gasteiger partial charge in [-0.3, -0.25) is 0 Å². The summed E-state index contributed by atoms with van der Waals surface area (Å²) in [7, 11) is 0. The van der Waals surface area contributed by atoms with E-state index in [0.29, 0.717) is 24.4 Å². The first-order chi connectivity index (χ1) is 9.01. The molecular weight excluding hydrogens is 252 g/mol. The summed E-state index contributed by atoms with van der Waals surface area (Å²) in [6.07, 6.45) is 0.692. The van der Waals surface area contributed by atoms with Crippen molar-refractivity contribution in [2.75, 3.05) is 6.54 Å². The minimum absolute atomic E-state index is 0.278. The lowest BCUT2D eigenvalue weighted by molar-refractivity contribution is 0.0519. The molecule has 2 atom stereocenters. The average molecular weight is 286 g/mol. The molecule has 0 bridgehead atoms. The number of hydrogen-bond acceptors (Lipinski definition) is 3. The predicted molar refractivity (Wildman–Crippen MR) is 84.9 cm³/mol. The van der Waals surface area contributed by atoms with E-state index in [1.807, 2.05) is 20.8 Å². The highest BCUT2D eigenvalue weighted by atomic mass is 16.6. The quantitative estimate of drug-likeness (QED) is 0.752. The van der Waals surface area contributed by atoms with Crippen molar-refractivity contribution < 1.29 is 9.53 Å². The Morgan fingerprint density at radius 2 is 1.65 bits per heavy atom. The van der Waals surface area contributed by atoms with Gasteiger partial charge in [-0.2, -0.15) is 0 Å². The fourth-order valence-electron chi connectivity index (χ4n) is 1.86. The molecule has 2 N–H and O–H groups in total. The Kier molecular flexibility index (Phi) is 8.17. The Labute approximate surface area is 125 Å². The van der Waals surface area contributed by atoms with Gasteiger partial charge in [-0.25, -0.2) is 4.79 Å². The van der Waals surface area contributed by atoms with Crippen molar-refractivity contribution in [1.82, 2.24) is 10.6 Å². The molecule has 0 saturated carbocycles. The molecule has 2 unspecified atom stereocenters. The van der Waals surface area contributed by atoms with Crippen LogP contribution >= 0.6 is 0 Å². The monoisotopic (exact) mass is 286 g/mol. The van der Waals surface area contributed by atoms with Gasteiger partial charge in [0.25, 0.3) is 0 Å². The minimum atomic E-state index is -0.448. The van der Waals surface area contributed by atoms with Gasteiger partial charge in [0.15, 0.2) is 0 Å². The van der Waals surface area contributed by atoms with E-state index < -0.39 is 5.60 Å². The zero-order valence-electron chi connectivity index (χ0n) is 14.5. The first-order valence-corrected chi connectivity index (χ1v) is 7.74. The molecule has 0 heterocycles. The summed E-state index contributed by atoms with van der Waals surface area (Å²) in [5.41, 5.74) is -0.448. The highest BCUT2D eigenvalue weighted by molar-refractivity contribution is 5.67. The summed E-state index contributed by atoms with van der Waals surface area (Å²) in [5.74, 6) is 1.17. The van der Waals surface area contributed by atoms with Crippen LogP contribution in [-0.4, -0.2) is 30.3 Å². The molecule has 0 aliphatic carbocycles. The number of rotatable bonds is 7. The first kappa shape index (κ1) is 19.2. The van der Waals surface area contributed by atoms with Crippen LogP contribution in [0.4, 0.5) is 4.79 Å². The van der Waals surface area contributed by atoms with Crippen LogP contribution in [0.2, 0.25) is 0 Å². The molecule has 0 rings (SSSR count). The summed E-state index contributed by atoms with van der Waals surface area (Å²) in [5, 5.41) is 6.46. The van der Waals surface area contributed by atoms with Crippen LogP contribution in [0.1, 0.15) is 61.8 Å². The van der Waals surface area contributed by atoms with E-state index >= 15 is 0 Å². The van der Waals surface area contributed by atoms with Gasteiger partial charge in [-0.1, -0.05) is 27.7 Å². The number of nitrogens with one attached hydrogen (secondary N) is 2. The molecule has 4 nitrogen and oxygen atoms in total. The summed E-state index contributed by atoms with van der Waals surface area (Å²) in [6.45, 7) is 17.2.